The number of nitrogens with one attached hydrogen (secondary N) is 1. The average molecular weight is 457 g/mol. The molecule has 1 aliphatic rings. The highest BCUT2D eigenvalue weighted by Crippen LogP contribution is 2.46. The highest BCUT2D eigenvalue weighted by atomic mass is 32.1. The molecule has 1 atom stereocenters. The highest BCUT2D eigenvalue weighted by Gasteiger charge is 2.47. The molecule has 170 valence electrons. The van der Waals surface area contributed by atoms with Crippen LogP contribution < -0.4 is 24.4 Å². The Labute approximate surface area is 193 Å². The maximum atomic E-state index is 11.9. The number of carbonyl (C=O) groups is 2. The zero-order chi connectivity index (χ0) is 23.7. The second-order valence-electron chi connectivity index (χ2n) is 8.64. The van der Waals surface area contributed by atoms with Gasteiger partial charge in [-0.15, -0.1) is 0 Å². The molecule has 0 radical (unpaired) electrons. The third-order valence-corrected chi connectivity index (χ3v) is 5.59. The van der Waals surface area contributed by atoms with Crippen molar-refractivity contribution in [1.82, 2.24) is 5.32 Å². The van der Waals surface area contributed by atoms with Gasteiger partial charge in [0.25, 0.3) is 0 Å². The summed E-state index contributed by atoms with van der Waals surface area (Å²) in [6.07, 6.45) is 0.646. The van der Waals surface area contributed by atoms with Gasteiger partial charge in [-0.05, 0) is 75.8 Å². The van der Waals surface area contributed by atoms with Gasteiger partial charge in [0.05, 0.1) is 12.6 Å². The standard InChI is InChI=1S/C24H28N2O5S/c1-15(27)30-19-11-12-20(21(13-19)31-16(2)28)24(5)14-23(3,4)25-22(32)26(24)17-7-9-18(29-6)10-8-17/h7-13H,14H2,1-6H3,(H,25,32)/t24-/m0/s1. The average Bonchev–Trinajstić information content (AvgIpc) is 2.66. The molecule has 0 aromatic heterocycles. The summed E-state index contributed by atoms with van der Waals surface area (Å²) >= 11 is 5.79. The number of carbonyl (C=O) groups excluding carboxylic acids is 2. The topological polar surface area (TPSA) is 77.1 Å². The second kappa shape index (κ2) is 8.78. The van der Waals surface area contributed by atoms with Crippen LogP contribution in [0.25, 0.3) is 0 Å². The predicted octanol–water partition coefficient (Wildman–Crippen LogP) is 4.32. The lowest BCUT2D eigenvalue weighted by Gasteiger charge is -2.53. The lowest BCUT2D eigenvalue weighted by Crippen LogP contribution is -2.65. The van der Waals surface area contributed by atoms with Crippen molar-refractivity contribution < 1.29 is 23.8 Å². The maximum Gasteiger partial charge on any atom is 0.308 e. The summed E-state index contributed by atoms with van der Waals surface area (Å²) in [5.41, 5.74) is 0.604. The van der Waals surface area contributed by atoms with E-state index in [0.717, 1.165) is 17.0 Å². The monoisotopic (exact) mass is 456 g/mol. The molecule has 32 heavy (non-hydrogen) atoms. The van der Waals surface area contributed by atoms with Gasteiger partial charge < -0.3 is 24.4 Å². The van der Waals surface area contributed by atoms with Gasteiger partial charge in [0.2, 0.25) is 0 Å². The molecule has 1 fully saturated rings. The first-order valence-electron chi connectivity index (χ1n) is 10.2. The van der Waals surface area contributed by atoms with E-state index in [-0.39, 0.29) is 5.54 Å². The maximum absolute atomic E-state index is 11.9. The van der Waals surface area contributed by atoms with E-state index >= 15 is 0 Å². The van der Waals surface area contributed by atoms with E-state index in [4.69, 9.17) is 26.4 Å². The van der Waals surface area contributed by atoms with Gasteiger partial charge in [-0.2, -0.15) is 0 Å². The number of benzene rings is 2. The first-order chi connectivity index (χ1) is 14.9. The van der Waals surface area contributed by atoms with Crippen LogP contribution in [0.2, 0.25) is 0 Å². The van der Waals surface area contributed by atoms with Crippen LogP contribution in [0.3, 0.4) is 0 Å². The van der Waals surface area contributed by atoms with Crippen LogP contribution in [0.1, 0.15) is 46.6 Å². The normalized spacial score (nSPS) is 19.7. The van der Waals surface area contributed by atoms with E-state index in [1.807, 2.05) is 35.2 Å². The fourth-order valence-corrected chi connectivity index (χ4v) is 4.90. The van der Waals surface area contributed by atoms with E-state index < -0.39 is 17.5 Å². The fraction of sp³-hybridized carbons (Fsp3) is 0.375. The molecular formula is C24H28N2O5S. The molecule has 0 amide bonds. The summed E-state index contributed by atoms with van der Waals surface area (Å²) < 4.78 is 16.1. The quantitative estimate of drug-likeness (QED) is 0.405. The van der Waals surface area contributed by atoms with Gasteiger partial charge in [-0.1, -0.05) is 0 Å². The molecule has 7 nitrogen and oxygen atoms in total. The van der Waals surface area contributed by atoms with Crippen molar-refractivity contribution in [2.45, 2.75) is 52.1 Å². The lowest BCUT2D eigenvalue weighted by molar-refractivity contribution is -0.132. The lowest BCUT2D eigenvalue weighted by atomic mass is 9.76. The van der Waals surface area contributed by atoms with Crippen LogP contribution in [0.5, 0.6) is 17.2 Å². The van der Waals surface area contributed by atoms with E-state index in [1.54, 1.807) is 19.2 Å². The van der Waals surface area contributed by atoms with Gasteiger partial charge in [-0.3, -0.25) is 9.59 Å². The SMILES string of the molecule is COc1ccc(N2C(=S)NC(C)(C)C[C@@]2(C)c2ccc(OC(C)=O)cc2OC(C)=O)cc1. The predicted molar refractivity (Wildman–Crippen MR) is 126 cm³/mol. The number of rotatable bonds is 5. The van der Waals surface area contributed by atoms with Crippen LogP contribution >= 0.6 is 12.2 Å². The number of hydrogen-bond acceptors (Lipinski definition) is 6. The highest BCUT2D eigenvalue weighted by molar-refractivity contribution is 7.80. The summed E-state index contributed by atoms with van der Waals surface area (Å²) in [6.45, 7) is 8.85. The molecule has 2 aromatic carbocycles. The molecule has 1 aliphatic heterocycles. The third kappa shape index (κ3) is 4.85. The van der Waals surface area contributed by atoms with Crippen molar-refractivity contribution in [1.29, 1.82) is 0 Å². The zero-order valence-corrected chi connectivity index (χ0v) is 20.0. The molecular weight excluding hydrogens is 428 g/mol. The Morgan fingerprint density at radius 1 is 0.969 bits per heavy atom. The fourth-order valence-electron chi connectivity index (χ4n) is 4.32. The summed E-state index contributed by atoms with van der Waals surface area (Å²) in [6, 6.07) is 12.7. The van der Waals surface area contributed by atoms with Crippen molar-refractivity contribution in [2.24, 2.45) is 0 Å². The zero-order valence-electron chi connectivity index (χ0n) is 19.1. The van der Waals surface area contributed by atoms with E-state index in [9.17, 15) is 9.59 Å². The van der Waals surface area contributed by atoms with Gasteiger partial charge >= 0.3 is 11.9 Å². The molecule has 2 aromatic rings. The van der Waals surface area contributed by atoms with Crippen LogP contribution in [0.15, 0.2) is 42.5 Å². The largest absolute Gasteiger partial charge is 0.497 e. The first-order valence-corrected chi connectivity index (χ1v) is 10.6. The molecule has 0 unspecified atom stereocenters. The number of thiocarbonyl (C=S) groups is 1. The number of methoxy groups -OCH3 is 1. The Morgan fingerprint density at radius 3 is 2.12 bits per heavy atom. The number of anilines is 1. The van der Waals surface area contributed by atoms with Crippen molar-refractivity contribution in [3.63, 3.8) is 0 Å². The van der Waals surface area contributed by atoms with Crippen LogP contribution in [0.4, 0.5) is 5.69 Å². The Hall–Kier alpha value is -3.13. The Balaban J connectivity index is 2.19. The van der Waals surface area contributed by atoms with E-state index in [2.05, 4.69) is 26.1 Å². The Bertz CT molecular complexity index is 1050. The van der Waals surface area contributed by atoms with Gasteiger partial charge in [-0.25, -0.2) is 0 Å². The van der Waals surface area contributed by atoms with Gasteiger partial charge in [0, 0.05) is 36.7 Å². The van der Waals surface area contributed by atoms with Crippen molar-refractivity contribution >= 4 is 35.0 Å². The minimum Gasteiger partial charge on any atom is -0.497 e. The smallest absolute Gasteiger partial charge is 0.308 e. The molecule has 0 spiro atoms. The summed E-state index contributed by atoms with van der Waals surface area (Å²) in [5, 5.41) is 3.95. The van der Waals surface area contributed by atoms with Crippen LogP contribution in [0, 0.1) is 0 Å². The molecule has 1 heterocycles. The number of nitrogens with zero attached hydrogens (tertiary/aromatic N) is 1. The Kier molecular flexibility index (Phi) is 6.46. The van der Waals surface area contributed by atoms with Crippen molar-refractivity contribution in [3.8, 4) is 17.2 Å². The van der Waals surface area contributed by atoms with E-state index in [1.165, 1.54) is 13.8 Å². The number of ether oxygens (including phenoxy) is 3. The minimum atomic E-state index is -0.681. The Morgan fingerprint density at radius 2 is 1.56 bits per heavy atom. The van der Waals surface area contributed by atoms with Crippen molar-refractivity contribution in [3.05, 3.63) is 48.0 Å². The van der Waals surface area contributed by atoms with Crippen LogP contribution in [-0.4, -0.2) is 29.7 Å². The molecule has 1 N–H and O–H groups in total. The minimum absolute atomic E-state index is 0.299. The summed E-state index contributed by atoms with van der Waals surface area (Å²) in [4.78, 5) is 25.4. The third-order valence-electron chi connectivity index (χ3n) is 5.31. The summed E-state index contributed by atoms with van der Waals surface area (Å²) in [5.74, 6) is 0.423. The van der Waals surface area contributed by atoms with Gasteiger partial charge in [0.1, 0.15) is 17.2 Å². The second-order valence-corrected chi connectivity index (χ2v) is 9.03. The molecule has 1 saturated heterocycles. The number of hydrogen-bond donors (Lipinski definition) is 1. The first kappa shape index (κ1) is 23.5. The molecule has 0 bridgehead atoms. The van der Waals surface area contributed by atoms with Gasteiger partial charge in [0.15, 0.2) is 5.11 Å². The van der Waals surface area contributed by atoms with Crippen molar-refractivity contribution in [2.75, 3.05) is 12.0 Å². The summed E-state index contributed by atoms with van der Waals surface area (Å²) in [7, 11) is 1.62. The molecule has 0 saturated carbocycles. The molecule has 8 heteroatoms. The molecule has 0 aliphatic carbocycles. The number of esters is 2. The van der Waals surface area contributed by atoms with Crippen LogP contribution in [-0.2, 0) is 15.1 Å². The van der Waals surface area contributed by atoms with E-state index in [0.29, 0.717) is 23.0 Å². The molecule has 3 rings (SSSR count).